The zero-order valence-electron chi connectivity index (χ0n) is 8.08. The zero-order valence-corrected chi connectivity index (χ0v) is 8.83. The van der Waals surface area contributed by atoms with Gasteiger partial charge in [0, 0.05) is 12.6 Å². The van der Waals surface area contributed by atoms with Gasteiger partial charge in [0.1, 0.15) is 23.8 Å². The number of halogens is 4. The SMILES string of the molecule is OCCN(CC(F)(F)F)c1cc(Cl)ncn1. The Bertz CT molecular complexity index is 348. The number of anilines is 1. The maximum absolute atomic E-state index is 12.2. The Hall–Kier alpha value is -1.08. The second-order valence-electron chi connectivity index (χ2n) is 2.96. The quantitative estimate of drug-likeness (QED) is 0.829. The first-order valence-corrected chi connectivity index (χ1v) is 4.70. The van der Waals surface area contributed by atoms with Crippen LogP contribution in [-0.4, -0.2) is 40.9 Å². The lowest BCUT2D eigenvalue weighted by Crippen LogP contribution is -2.36. The number of hydrogen-bond donors (Lipinski definition) is 1. The normalized spacial score (nSPS) is 11.6. The minimum atomic E-state index is -4.37. The molecule has 8 heteroatoms. The number of nitrogens with zero attached hydrogens (tertiary/aromatic N) is 3. The highest BCUT2D eigenvalue weighted by atomic mass is 35.5. The molecule has 1 heterocycles. The van der Waals surface area contributed by atoms with Crippen molar-refractivity contribution in [1.82, 2.24) is 9.97 Å². The van der Waals surface area contributed by atoms with E-state index in [9.17, 15) is 13.2 Å². The summed E-state index contributed by atoms with van der Waals surface area (Å²) in [4.78, 5) is 8.11. The van der Waals surface area contributed by atoms with Crippen molar-refractivity contribution in [2.45, 2.75) is 6.18 Å². The monoisotopic (exact) mass is 255 g/mol. The molecule has 1 aromatic rings. The first kappa shape index (κ1) is 13.0. The third-order valence-electron chi connectivity index (χ3n) is 1.68. The van der Waals surface area contributed by atoms with Crippen LogP contribution in [0.1, 0.15) is 0 Å². The van der Waals surface area contributed by atoms with Gasteiger partial charge in [-0.05, 0) is 0 Å². The van der Waals surface area contributed by atoms with Gasteiger partial charge in [-0.25, -0.2) is 9.97 Å². The molecule has 1 aromatic heterocycles. The van der Waals surface area contributed by atoms with Gasteiger partial charge in [-0.1, -0.05) is 11.6 Å². The molecular formula is C8H9ClF3N3O. The molecule has 0 radical (unpaired) electrons. The molecule has 90 valence electrons. The van der Waals surface area contributed by atoms with Crippen LogP contribution in [0.25, 0.3) is 0 Å². The van der Waals surface area contributed by atoms with Crippen molar-refractivity contribution in [2.75, 3.05) is 24.6 Å². The molecular weight excluding hydrogens is 247 g/mol. The molecule has 0 unspecified atom stereocenters. The highest BCUT2D eigenvalue weighted by Crippen LogP contribution is 2.21. The van der Waals surface area contributed by atoms with Crippen LogP contribution >= 0.6 is 11.6 Å². The Kier molecular flexibility index (Phi) is 4.31. The molecule has 0 aromatic carbocycles. The van der Waals surface area contributed by atoms with Crippen LogP contribution in [0.5, 0.6) is 0 Å². The van der Waals surface area contributed by atoms with E-state index in [2.05, 4.69) is 9.97 Å². The minimum Gasteiger partial charge on any atom is -0.395 e. The molecule has 0 amide bonds. The van der Waals surface area contributed by atoms with Crippen molar-refractivity contribution in [3.8, 4) is 0 Å². The smallest absolute Gasteiger partial charge is 0.395 e. The van der Waals surface area contributed by atoms with Crippen LogP contribution < -0.4 is 4.90 Å². The summed E-state index contributed by atoms with van der Waals surface area (Å²) in [5.74, 6) is 0.0337. The van der Waals surface area contributed by atoms with E-state index >= 15 is 0 Å². The van der Waals surface area contributed by atoms with E-state index in [1.54, 1.807) is 0 Å². The molecule has 0 fully saturated rings. The van der Waals surface area contributed by atoms with Crippen molar-refractivity contribution in [1.29, 1.82) is 0 Å². The molecule has 1 N–H and O–H groups in total. The van der Waals surface area contributed by atoms with Crippen molar-refractivity contribution >= 4 is 17.4 Å². The molecule has 0 aliphatic rings. The number of aliphatic hydroxyl groups excluding tert-OH is 1. The van der Waals surface area contributed by atoms with E-state index in [-0.39, 0.29) is 17.5 Å². The molecule has 0 bridgehead atoms. The van der Waals surface area contributed by atoms with E-state index in [1.165, 1.54) is 6.07 Å². The zero-order chi connectivity index (χ0) is 12.2. The lowest BCUT2D eigenvalue weighted by atomic mass is 10.4. The van der Waals surface area contributed by atoms with Gasteiger partial charge in [0.2, 0.25) is 0 Å². The van der Waals surface area contributed by atoms with E-state index < -0.39 is 19.3 Å². The van der Waals surface area contributed by atoms with E-state index in [1.807, 2.05) is 0 Å². The summed E-state index contributed by atoms with van der Waals surface area (Å²) in [6.07, 6.45) is -3.30. The lowest BCUT2D eigenvalue weighted by molar-refractivity contribution is -0.120. The van der Waals surface area contributed by atoms with E-state index in [0.717, 1.165) is 11.2 Å². The van der Waals surface area contributed by atoms with Gasteiger partial charge >= 0.3 is 6.18 Å². The predicted molar refractivity (Wildman–Crippen MR) is 52.4 cm³/mol. The predicted octanol–water partition coefficient (Wildman–Crippen LogP) is 1.49. The molecule has 0 saturated heterocycles. The number of alkyl halides is 3. The Morgan fingerprint density at radius 2 is 2.06 bits per heavy atom. The molecule has 4 nitrogen and oxygen atoms in total. The van der Waals surface area contributed by atoms with Gasteiger partial charge in [0.15, 0.2) is 0 Å². The fourth-order valence-corrected chi connectivity index (χ4v) is 1.25. The first-order valence-electron chi connectivity index (χ1n) is 4.32. The maximum Gasteiger partial charge on any atom is 0.405 e. The van der Waals surface area contributed by atoms with Gasteiger partial charge < -0.3 is 10.0 Å². The average Bonchev–Trinajstić information content (AvgIpc) is 2.15. The summed E-state index contributed by atoms with van der Waals surface area (Å²) in [5, 5.41) is 8.73. The average molecular weight is 256 g/mol. The molecule has 0 aliphatic heterocycles. The highest BCUT2D eigenvalue weighted by Gasteiger charge is 2.31. The van der Waals surface area contributed by atoms with Gasteiger partial charge in [-0.15, -0.1) is 0 Å². The number of aromatic nitrogens is 2. The number of hydrogen-bond acceptors (Lipinski definition) is 4. The maximum atomic E-state index is 12.2. The standard InChI is InChI=1S/C8H9ClF3N3O/c9-6-3-7(14-5-13-6)15(1-2-16)4-8(10,11)12/h3,5,16H,1-2,4H2. The van der Waals surface area contributed by atoms with Gasteiger partial charge in [0.05, 0.1) is 6.61 Å². The van der Waals surface area contributed by atoms with E-state index in [4.69, 9.17) is 16.7 Å². The minimum absolute atomic E-state index is 0.0337. The molecule has 0 saturated carbocycles. The van der Waals surface area contributed by atoms with Crippen molar-refractivity contribution in [3.63, 3.8) is 0 Å². The molecule has 0 aliphatic carbocycles. The first-order chi connectivity index (χ1) is 7.42. The van der Waals surface area contributed by atoms with Crippen LogP contribution in [0, 0.1) is 0 Å². The summed E-state index contributed by atoms with van der Waals surface area (Å²) in [6.45, 7) is -1.77. The Morgan fingerprint density at radius 1 is 1.38 bits per heavy atom. The van der Waals surface area contributed by atoms with E-state index in [0.29, 0.717) is 0 Å². The topological polar surface area (TPSA) is 49.2 Å². The van der Waals surface area contributed by atoms with Crippen LogP contribution in [0.15, 0.2) is 12.4 Å². The second-order valence-corrected chi connectivity index (χ2v) is 3.35. The van der Waals surface area contributed by atoms with Crippen LogP contribution in [0.3, 0.4) is 0 Å². The number of rotatable bonds is 4. The number of aliphatic hydroxyl groups is 1. The van der Waals surface area contributed by atoms with Gasteiger partial charge in [-0.3, -0.25) is 0 Å². The summed E-state index contributed by atoms with van der Waals surface area (Å²) in [6, 6.07) is 1.21. The van der Waals surface area contributed by atoms with Crippen molar-refractivity contribution in [3.05, 3.63) is 17.5 Å². The highest BCUT2D eigenvalue weighted by molar-refractivity contribution is 6.29. The Labute approximate surface area is 94.7 Å². The molecule has 16 heavy (non-hydrogen) atoms. The van der Waals surface area contributed by atoms with Crippen molar-refractivity contribution in [2.24, 2.45) is 0 Å². The third kappa shape index (κ3) is 4.19. The van der Waals surface area contributed by atoms with Crippen molar-refractivity contribution < 1.29 is 18.3 Å². The van der Waals surface area contributed by atoms with Gasteiger partial charge in [-0.2, -0.15) is 13.2 Å². The van der Waals surface area contributed by atoms with Crippen LogP contribution in [0.2, 0.25) is 5.15 Å². The summed E-state index contributed by atoms with van der Waals surface area (Å²) in [7, 11) is 0. The third-order valence-corrected chi connectivity index (χ3v) is 1.89. The molecule has 1 rings (SSSR count). The fourth-order valence-electron chi connectivity index (χ4n) is 1.11. The van der Waals surface area contributed by atoms with Gasteiger partial charge in [0.25, 0.3) is 0 Å². The molecule has 0 atom stereocenters. The summed E-state index contributed by atoms with van der Waals surface area (Å²) in [5.41, 5.74) is 0. The van der Waals surface area contributed by atoms with Crippen LogP contribution in [0.4, 0.5) is 19.0 Å². The lowest BCUT2D eigenvalue weighted by Gasteiger charge is -2.23. The molecule has 0 spiro atoms. The summed E-state index contributed by atoms with van der Waals surface area (Å²) >= 11 is 5.54. The Balaban J connectivity index is 2.85. The fraction of sp³-hybridized carbons (Fsp3) is 0.500. The second kappa shape index (κ2) is 5.31. The largest absolute Gasteiger partial charge is 0.405 e. The summed E-state index contributed by atoms with van der Waals surface area (Å²) < 4.78 is 36.6. The Morgan fingerprint density at radius 3 is 2.56 bits per heavy atom. The van der Waals surface area contributed by atoms with Crippen LogP contribution in [-0.2, 0) is 0 Å².